The monoisotopic (exact) mass is 537 g/mol. The fourth-order valence-corrected chi connectivity index (χ4v) is 4.49. The summed E-state index contributed by atoms with van der Waals surface area (Å²) in [6.07, 6.45) is -0.552. The Labute approximate surface area is 230 Å². The molecule has 8 nitrogen and oxygen atoms in total. The molecule has 5 rings (SSSR count). The van der Waals surface area contributed by atoms with Crippen molar-refractivity contribution in [3.8, 4) is 5.75 Å². The van der Waals surface area contributed by atoms with Gasteiger partial charge in [0.15, 0.2) is 0 Å². The minimum absolute atomic E-state index is 0.0576. The first-order valence-corrected chi connectivity index (χ1v) is 12.7. The molecule has 0 radical (unpaired) electrons. The lowest BCUT2D eigenvalue weighted by atomic mass is 10.0. The van der Waals surface area contributed by atoms with Crippen LogP contribution in [-0.2, 0) is 33.9 Å². The second kappa shape index (κ2) is 12.2. The zero-order chi connectivity index (χ0) is 27.9. The highest BCUT2D eigenvalue weighted by Crippen LogP contribution is 2.30. The maximum atomic E-state index is 13.3. The van der Waals surface area contributed by atoms with Gasteiger partial charge in [-0.2, -0.15) is 0 Å². The summed E-state index contributed by atoms with van der Waals surface area (Å²) < 4.78 is 21.8. The molecule has 1 aromatic heterocycles. The third-order valence-corrected chi connectivity index (χ3v) is 6.46. The third-order valence-electron chi connectivity index (χ3n) is 6.46. The molecular weight excluding hydrogens is 510 g/mol. The smallest absolute Gasteiger partial charge is 0.408 e. The fraction of sp³-hybridized carbons (Fsp3) is 0.156. The van der Waals surface area contributed by atoms with Gasteiger partial charge in [0.25, 0.3) is 0 Å². The van der Waals surface area contributed by atoms with E-state index < -0.39 is 23.7 Å². The number of benzene rings is 4. The van der Waals surface area contributed by atoms with Gasteiger partial charge in [0.05, 0.1) is 7.11 Å². The highest BCUT2D eigenvalue weighted by molar-refractivity contribution is 6.07. The Hall–Kier alpha value is -5.11. The highest BCUT2D eigenvalue weighted by atomic mass is 16.6. The standard InChI is InChI=1S/C32H27NO7/c1-37-25-14-12-23-13-15-28-30(26(23)18-25)24(17-29(34)40-28)20-38-31(35)27(16-21-8-4-2-5-9-21)33-32(36)39-19-22-10-6-3-7-11-22/h2-15,17-18,27H,16,19-20H2,1H3,(H,33,36). The Kier molecular flexibility index (Phi) is 8.06. The van der Waals surface area contributed by atoms with Crippen molar-refractivity contribution in [2.75, 3.05) is 7.11 Å². The summed E-state index contributed by atoms with van der Waals surface area (Å²) in [6, 6.07) is 27.9. The Morgan fingerprint density at radius 3 is 2.25 bits per heavy atom. The number of alkyl carbamates (subject to hydrolysis) is 1. The Morgan fingerprint density at radius 1 is 0.825 bits per heavy atom. The number of carbonyl (C=O) groups is 2. The number of amides is 1. The number of methoxy groups -OCH3 is 1. The van der Waals surface area contributed by atoms with E-state index in [0.29, 0.717) is 22.3 Å². The Morgan fingerprint density at radius 2 is 1.52 bits per heavy atom. The molecule has 1 atom stereocenters. The zero-order valence-electron chi connectivity index (χ0n) is 21.8. The molecule has 0 saturated heterocycles. The molecule has 40 heavy (non-hydrogen) atoms. The van der Waals surface area contributed by atoms with Crippen LogP contribution in [0.25, 0.3) is 21.7 Å². The molecule has 202 valence electrons. The number of ether oxygens (including phenoxy) is 3. The molecule has 5 aromatic rings. The Balaban J connectivity index is 1.37. The van der Waals surface area contributed by atoms with Gasteiger partial charge in [0, 0.05) is 23.4 Å². The molecule has 0 aliphatic rings. The van der Waals surface area contributed by atoms with Crippen molar-refractivity contribution in [2.24, 2.45) is 0 Å². The number of nitrogens with one attached hydrogen (secondary N) is 1. The van der Waals surface area contributed by atoms with E-state index in [9.17, 15) is 14.4 Å². The van der Waals surface area contributed by atoms with E-state index >= 15 is 0 Å². The van der Waals surface area contributed by atoms with Crippen LogP contribution in [-0.4, -0.2) is 25.2 Å². The summed E-state index contributed by atoms with van der Waals surface area (Å²) in [6.45, 7) is -0.147. The van der Waals surface area contributed by atoms with Crippen LogP contribution in [0.15, 0.2) is 106 Å². The number of esters is 1. The summed E-state index contributed by atoms with van der Waals surface area (Å²) >= 11 is 0. The quantitative estimate of drug-likeness (QED) is 0.150. The van der Waals surface area contributed by atoms with E-state index in [0.717, 1.165) is 21.9 Å². The zero-order valence-corrected chi connectivity index (χ0v) is 21.8. The largest absolute Gasteiger partial charge is 0.497 e. The van der Waals surface area contributed by atoms with E-state index in [1.807, 2.05) is 84.9 Å². The predicted molar refractivity (Wildman–Crippen MR) is 150 cm³/mol. The minimum atomic E-state index is -1.02. The van der Waals surface area contributed by atoms with Crippen LogP contribution >= 0.6 is 0 Å². The molecule has 1 amide bonds. The molecule has 0 saturated carbocycles. The van der Waals surface area contributed by atoms with Gasteiger partial charge in [0.2, 0.25) is 0 Å². The number of carbonyl (C=O) groups excluding carboxylic acids is 2. The van der Waals surface area contributed by atoms with Crippen molar-refractivity contribution in [1.29, 1.82) is 0 Å². The van der Waals surface area contributed by atoms with E-state index in [2.05, 4.69) is 5.32 Å². The lowest BCUT2D eigenvalue weighted by molar-refractivity contribution is -0.147. The average molecular weight is 538 g/mol. The van der Waals surface area contributed by atoms with Crippen LogP contribution in [0.4, 0.5) is 4.79 Å². The second-order valence-electron chi connectivity index (χ2n) is 9.17. The van der Waals surface area contributed by atoms with Gasteiger partial charge in [-0.25, -0.2) is 14.4 Å². The van der Waals surface area contributed by atoms with Gasteiger partial charge in [-0.3, -0.25) is 0 Å². The first-order chi connectivity index (χ1) is 19.5. The van der Waals surface area contributed by atoms with Crippen molar-refractivity contribution in [2.45, 2.75) is 25.7 Å². The maximum absolute atomic E-state index is 13.3. The van der Waals surface area contributed by atoms with Crippen LogP contribution in [0.3, 0.4) is 0 Å². The molecule has 1 unspecified atom stereocenters. The van der Waals surface area contributed by atoms with Crippen LogP contribution in [0.5, 0.6) is 5.75 Å². The summed E-state index contributed by atoms with van der Waals surface area (Å²) in [5.41, 5.74) is 1.92. The first-order valence-electron chi connectivity index (χ1n) is 12.7. The predicted octanol–water partition coefficient (Wildman–Crippen LogP) is 5.54. The topological polar surface area (TPSA) is 104 Å². The van der Waals surface area contributed by atoms with E-state index in [4.69, 9.17) is 18.6 Å². The molecule has 1 heterocycles. The normalized spacial score (nSPS) is 11.6. The molecule has 1 N–H and O–H groups in total. The lowest BCUT2D eigenvalue weighted by Crippen LogP contribution is -2.43. The molecule has 0 aliphatic heterocycles. The van der Waals surface area contributed by atoms with E-state index in [-0.39, 0.29) is 19.6 Å². The van der Waals surface area contributed by atoms with Crippen LogP contribution in [0.1, 0.15) is 16.7 Å². The number of hydrogen-bond donors (Lipinski definition) is 1. The average Bonchev–Trinajstić information content (AvgIpc) is 2.98. The molecular formula is C32H27NO7. The van der Waals surface area contributed by atoms with Crippen molar-refractivity contribution >= 4 is 33.8 Å². The van der Waals surface area contributed by atoms with Crippen LogP contribution in [0, 0.1) is 0 Å². The lowest BCUT2D eigenvalue weighted by Gasteiger charge is -2.18. The van der Waals surface area contributed by atoms with E-state index in [1.165, 1.54) is 6.07 Å². The Bertz CT molecular complexity index is 1700. The summed E-state index contributed by atoms with van der Waals surface area (Å²) in [7, 11) is 1.57. The molecule has 8 heteroatoms. The second-order valence-corrected chi connectivity index (χ2v) is 9.17. The number of hydrogen-bond acceptors (Lipinski definition) is 7. The van der Waals surface area contributed by atoms with Gasteiger partial charge < -0.3 is 23.9 Å². The molecule has 0 fully saturated rings. The third kappa shape index (κ3) is 6.30. The highest BCUT2D eigenvalue weighted by Gasteiger charge is 2.24. The van der Waals surface area contributed by atoms with Gasteiger partial charge in [-0.15, -0.1) is 0 Å². The molecule has 4 aromatic carbocycles. The van der Waals surface area contributed by atoms with Gasteiger partial charge >= 0.3 is 17.7 Å². The van der Waals surface area contributed by atoms with Crippen LogP contribution < -0.4 is 15.7 Å². The van der Waals surface area contributed by atoms with E-state index in [1.54, 1.807) is 13.2 Å². The van der Waals surface area contributed by atoms with Gasteiger partial charge in [0.1, 0.15) is 30.6 Å². The van der Waals surface area contributed by atoms with Gasteiger partial charge in [-0.1, -0.05) is 72.8 Å². The maximum Gasteiger partial charge on any atom is 0.408 e. The van der Waals surface area contributed by atoms with Crippen molar-refractivity contribution in [3.05, 3.63) is 124 Å². The number of rotatable bonds is 9. The fourth-order valence-electron chi connectivity index (χ4n) is 4.49. The summed E-state index contributed by atoms with van der Waals surface area (Å²) in [4.78, 5) is 38.2. The minimum Gasteiger partial charge on any atom is -0.497 e. The molecule has 0 spiro atoms. The summed E-state index contributed by atoms with van der Waals surface area (Å²) in [5.74, 6) is -0.0324. The van der Waals surface area contributed by atoms with Crippen LogP contribution in [0.2, 0.25) is 0 Å². The number of fused-ring (bicyclic) bond motifs is 3. The van der Waals surface area contributed by atoms with Crippen molar-refractivity contribution < 1.29 is 28.2 Å². The van der Waals surface area contributed by atoms with Gasteiger partial charge in [-0.05, 0) is 40.1 Å². The molecule has 0 aliphatic carbocycles. The van der Waals surface area contributed by atoms with Crippen molar-refractivity contribution in [3.63, 3.8) is 0 Å². The summed E-state index contributed by atoms with van der Waals surface area (Å²) in [5, 5.41) is 4.96. The van der Waals surface area contributed by atoms with Crippen molar-refractivity contribution in [1.82, 2.24) is 5.32 Å². The first kappa shape index (κ1) is 26.5. The molecule has 0 bridgehead atoms. The SMILES string of the molecule is COc1ccc2ccc3oc(=O)cc(COC(=O)C(Cc4ccccc4)NC(=O)OCc4ccccc4)c3c2c1.